The fourth-order valence-electron chi connectivity index (χ4n) is 3.25. The molecule has 2 heterocycles. The number of hydrogen-bond donors (Lipinski definition) is 1. The number of likely N-dealkylation sites (N-methyl/N-ethyl adjacent to an activating group) is 1. The van der Waals surface area contributed by atoms with E-state index in [9.17, 15) is 4.79 Å². The summed E-state index contributed by atoms with van der Waals surface area (Å²) in [7, 11) is 1.85. The Morgan fingerprint density at radius 3 is 2.67 bits per heavy atom. The van der Waals surface area contributed by atoms with E-state index in [1.807, 2.05) is 31.3 Å². The van der Waals surface area contributed by atoms with Crippen LogP contribution in [0, 0.1) is 0 Å². The van der Waals surface area contributed by atoms with Crippen LogP contribution in [0.5, 0.6) is 0 Å². The molecule has 5 nitrogen and oxygen atoms in total. The average Bonchev–Trinajstić information content (AvgIpc) is 2.97. The van der Waals surface area contributed by atoms with Crippen molar-refractivity contribution in [3.8, 4) is 0 Å². The zero-order valence-electron chi connectivity index (χ0n) is 13.6. The molecule has 1 atom stereocenters. The van der Waals surface area contributed by atoms with Gasteiger partial charge in [0.05, 0.1) is 23.6 Å². The summed E-state index contributed by atoms with van der Waals surface area (Å²) >= 11 is 0. The summed E-state index contributed by atoms with van der Waals surface area (Å²) < 4.78 is 2.26. The van der Waals surface area contributed by atoms with Gasteiger partial charge in [-0.05, 0) is 17.7 Å². The molecule has 1 amide bonds. The third kappa shape index (κ3) is 2.67. The molecule has 1 fully saturated rings. The van der Waals surface area contributed by atoms with E-state index >= 15 is 0 Å². The van der Waals surface area contributed by atoms with Crippen LogP contribution in [0.15, 0.2) is 54.6 Å². The molecule has 0 saturated carbocycles. The number of nitrogens with one attached hydrogen (secondary N) is 1. The first kappa shape index (κ1) is 14.9. The van der Waals surface area contributed by atoms with Gasteiger partial charge in [0, 0.05) is 20.1 Å². The van der Waals surface area contributed by atoms with Crippen LogP contribution in [0.2, 0.25) is 0 Å². The number of carbonyl (C=O) groups excluding carboxylic acids is 1. The lowest BCUT2D eigenvalue weighted by Crippen LogP contribution is -2.48. The third-order valence-electron chi connectivity index (χ3n) is 4.56. The number of imidazole rings is 1. The molecule has 1 aliphatic heterocycles. The highest BCUT2D eigenvalue weighted by Crippen LogP contribution is 2.24. The van der Waals surface area contributed by atoms with E-state index in [1.54, 1.807) is 4.90 Å². The van der Waals surface area contributed by atoms with Crippen LogP contribution in [0.1, 0.15) is 17.4 Å². The summed E-state index contributed by atoms with van der Waals surface area (Å²) in [5, 5.41) is 3.33. The summed E-state index contributed by atoms with van der Waals surface area (Å²) in [6.45, 7) is 1.76. The van der Waals surface area contributed by atoms with Gasteiger partial charge in [-0.25, -0.2) is 4.98 Å². The maximum atomic E-state index is 11.8. The number of para-hydroxylation sites is 2. The lowest BCUT2D eigenvalue weighted by molar-refractivity contribution is -0.131. The van der Waals surface area contributed by atoms with E-state index < -0.39 is 0 Å². The second-order valence-corrected chi connectivity index (χ2v) is 6.24. The van der Waals surface area contributed by atoms with Crippen molar-refractivity contribution in [1.29, 1.82) is 0 Å². The molecule has 3 aromatic rings. The Hall–Kier alpha value is -2.66. The van der Waals surface area contributed by atoms with Gasteiger partial charge in [0.1, 0.15) is 5.82 Å². The zero-order chi connectivity index (χ0) is 16.5. The molecule has 0 radical (unpaired) electrons. The molecule has 1 aliphatic rings. The smallest absolute Gasteiger partial charge is 0.236 e. The van der Waals surface area contributed by atoms with Crippen LogP contribution in [0.4, 0.5) is 0 Å². The molecule has 5 heteroatoms. The normalized spacial score (nSPS) is 18.3. The summed E-state index contributed by atoms with van der Waals surface area (Å²) in [6.07, 6.45) is 0. The van der Waals surface area contributed by atoms with Crippen LogP contribution >= 0.6 is 0 Å². The summed E-state index contributed by atoms with van der Waals surface area (Å²) in [5.41, 5.74) is 3.35. The molecule has 0 spiro atoms. The van der Waals surface area contributed by atoms with Crippen molar-refractivity contribution >= 4 is 16.9 Å². The Balaban J connectivity index is 1.77. The molecule has 0 aliphatic carbocycles. The van der Waals surface area contributed by atoms with Gasteiger partial charge in [0.15, 0.2) is 0 Å². The SMILES string of the molecule is CN1CC(c2nc3ccccc3n2Cc2ccccc2)NCC1=O. The summed E-state index contributed by atoms with van der Waals surface area (Å²) in [4.78, 5) is 18.4. The number of piperazine rings is 1. The van der Waals surface area contributed by atoms with Crippen LogP contribution in [-0.4, -0.2) is 40.5 Å². The Morgan fingerprint density at radius 1 is 1.12 bits per heavy atom. The van der Waals surface area contributed by atoms with Crippen molar-refractivity contribution in [2.75, 3.05) is 20.1 Å². The van der Waals surface area contributed by atoms with E-state index in [0.717, 1.165) is 23.4 Å². The first-order chi connectivity index (χ1) is 11.7. The topological polar surface area (TPSA) is 50.2 Å². The molecular formula is C19H20N4O. The van der Waals surface area contributed by atoms with Gasteiger partial charge in [-0.3, -0.25) is 10.1 Å². The minimum Gasteiger partial charge on any atom is -0.343 e. The molecule has 1 aromatic heterocycles. The predicted molar refractivity (Wildman–Crippen MR) is 93.7 cm³/mol. The molecule has 2 aromatic carbocycles. The van der Waals surface area contributed by atoms with Crippen molar-refractivity contribution in [1.82, 2.24) is 19.8 Å². The standard InChI is InChI=1S/C19H20N4O/c1-22-13-16(20-11-18(22)24)19-21-15-9-5-6-10-17(15)23(19)12-14-7-3-2-4-8-14/h2-10,16,20H,11-13H2,1H3. The fourth-order valence-corrected chi connectivity index (χ4v) is 3.25. The maximum absolute atomic E-state index is 11.8. The number of fused-ring (bicyclic) bond motifs is 1. The van der Waals surface area contributed by atoms with E-state index in [-0.39, 0.29) is 11.9 Å². The number of aromatic nitrogens is 2. The maximum Gasteiger partial charge on any atom is 0.236 e. The number of benzene rings is 2. The summed E-state index contributed by atoms with van der Waals surface area (Å²) in [5.74, 6) is 1.11. The molecule has 0 bridgehead atoms. The first-order valence-electron chi connectivity index (χ1n) is 8.19. The van der Waals surface area contributed by atoms with Gasteiger partial charge in [0.25, 0.3) is 0 Å². The van der Waals surface area contributed by atoms with Crippen molar-refractivity contribution in [3.63, 3.8) is 0 Å². The first-order valence-corrected chi connectivity index (χ1v) is 8.19. The molecular weight excluding hydrogens is 300 g/mol. The van der Waals surface area contributed by atoms with Crippen molar-refractivity contribution in [2.24, 2.45) is 0 Å². The number of nitrogens with zero attached hydrogens (tertiary/aromatic N) is 3. The second kappa shape index (κ2) is 6.09. The minimum atomic E-state index is 0.0452. The van der Waals surface area contributed by atoms with Gasteiger partial charge in [-0.15, -0.1) is 0 Å². The van der Waals surface area contributed by atoms with E-state index in [4.69, 9.17) is 4.98 Å². The van der Waals surface area contributed by atoms with Crippen LogP contribution in [0.3, 0.4) is 0 Å². The fraction of sp³-hybridized carbons (Fsp3) is 0.263. The van der Waals surface area contributed by atoms with E-state index in [0.29, 0.717) is 13.1 Å². The molecule has 4 rings (SSSR count). The van der Waals surface area contributed by atoms with Crippen LogP contribution in [-0.2, 0) is 11.3 Å². The third-order valence-corrected chi connectivity index (χ3v) is 4.56. The summed E-state index contributed by atoms with van der Waals surface area (Å²) in [6, 6.07) is 18.6. The Kier molecular flexibility index (Phi) is 3.78. The lowest BCUT2D eigenvalue weighted by Gasteiger charge is -2.30. The van der Waals surface area contributed by atoms with Crippen molar-refractivity contribution < 1.29 is 4.79 Å². The van der Waals surface area contributed by atoms with Crippen LogP contribution in [0.25, 0.3) is 11.0 Å². The molecule has 1 unspecified atom stereocenters. The Morgan fingerprint density at radius 2 is 1.88 bits per heavy atom. The number of rotatable bonds is 3. The van der Waals surface area contributed by atoms with Gasteiger partial charge in [0.2, 0.25) is 5.91 Å². The molecule has 122 valence electrons. The largest absolute Gasteiger partial charge is 0.343 e. The van der Waals surface area contributed by atoms with Gasteiger partial charge >= 0.3 is 0 Å². The highest BCUT2D eigenvalue weighted by atomic mass is 16.2. The highest BCUT2D eigenvalue weighted by Gasteiger charge is 2.27. The number of amides is 1. The van der Waals surface area contributed by atoms with Gasteiger partial charge < -0.3 is 9.47 Å². The van der Waals surface area contributed by atoms with Crippen molar-refractivity contribution in [3.05, 3.63) is 66.0 Å². The zero-order valence-corrected chi connectivity index (χ0v) is 13.6. The van der Waals surface area contributed by atoms with Gasteiger partial charge in [-0.1, -0.05) is 42.5 Å². The van der Waals surface area contributed by atoms with E-state index in [2.05, 4.69) is 40.2 Å². The quantitative estimate of drug-likeness (QED) is 0.805. The van der Waals surface area contributed by atoms with Crippen molar-refractivity contribution in [2.45, 2.75) is 12.6 Å². The Bertz CT molecular complexity index is 871. The minimum absolute atomic E-state index is 0.0452. The van der Waals surface area contributed by atoms with E-state index in [1.165, 1.54) is 5.56 Å². The monoisotopic (exact) mass is 320 g/mol. The highest BCUT2D eigenvalue weighted by molar-refractivity contribution is 5.79. The molecule has 1 saturated heterocycles. The second-order valence-electron chi connectivity index (χ2n) is 6.24. The number of carbonyl (C=O) groups is 1. The van der Waals surface area contributed by atoms with Gasteiger partial charge in [-0.2, -0.15) is 0 Å². The molecule has 1 N–H and O–H groups in total. The van der Waals surface area contributed by atoms with Crippen LogP contribution < -0.4 is 5.32 Å². The lowest BCUT2D eigenvalue weighted by atomic mass is 10.2. The predicted octanol–water partition coefficient (Wildman–Crippen LogP) is 2.19. The molecule has 24 heavy (non-hydrogen) atoms. The average molecular weight is 320 g/mol. The Labute approximate surface area is 140 Å². The number of hydrogen-bond acceptors (Lipinski definition) is 3.